The summed E-state index contributed by atoms with van der Waals surface area (Å²) in [6, 6.07) is 0. The fourth-order valence-electron chi connectivity index (χ4n) is 3.41. The van der Waals surface area contributed by atoms with Crippen LogP contribution < -0.4 is 5.32 Å². The summed E-state index contributed by atoms with van der Waals surface area (Å²) in [6.07, 6.45) is 3.37. The van der Waals surface area contributed by atoms with Crippen molar-refractivity contribution in [2.75, 3.05) is 46.4 Å². The number of amides is 1. The van der Waals surface area contributed by atoms with Gasteiger partial charge in [-0.25, -0.2) is 4.99 Å². The summed E-state index contributed by atoms with van der Waals surface area (Å²) in [5.74, 6) is 0.684. The molecule has 1 amide bonds. The number of rotatable bonds is 4. The van der Waals surface area contributed by atoms with Crippen molar-refractivity contribution < 1.29 is 14.3 Å². The van der Waals surface area contributed by atoms with Crippen LogP contribution in [0.15, 0.2) is 4.99 Å². The molecule has 24 heavy (non-hydrogen) atoms. The number of nitrogens with one attached hydrogen (secondary N) is 1. The van der Waals surface area contributed by atoms with Gasteiger partial charge in [-0.05, 0) is 32.1 Å². The molecule has 0 aromatic heterocycles. The molecule has 0 saturated carbocycles. The number of esters is 1. The Balaban J connectivity index is 1.97. The highest BCUT2D eigenvalue weighted by atomic mass is 16.5. The average molecular weight is 338 g/mol. The molecule has 2 rings (SSSR count). The van der Waals surface area contributed by atoms with E-state index >= 15 is 0 Å². The van der Waals surface area contributed by atoms with Crippen molar-refractivity contribution in [2.45, 2.75) is 33.1 Å². The predicted molar refractivity (Wildman–Crippen MR) is 92.7 cm³/mol. The molecule has 2 aliphatic heterocycles. The van der Waals surface area contributed by atoms with Crippen molar-refractivity contribution in [1.29, 1.82) is 0 Å². The molecule has 2 aliphatic rings. The fourth-order valence-corrected chi connectivity index (χ4v) is 3.41. The highest BCUT2D eigenvalue weighted by Crippen LogP contribution is 2.24. The van der Waals surface area contributed by atoms with E-state index in [2.05, 4.69) is 15.2 Å². The van der Waals surface area contributed by atoms with Crippen LogP contribution in [0.25, 0.3) is 0 Å². The summed E-state index contributed by atoms with van der Waals surface area (Å²) in [5, 5.41) is 3.23. The summed E-state index contributed by atoms with van der Waals surface area (Å²) in [6.45, 7) is 7.94. The summed E-state index contributed by atoms with van der Waals surface area (Å²) < 4.78 is 4.88. The van der Waals surface area contributed by atoms with Gasteiger partial charge in [0.15, 0.2) is 5.96 Å². The van der Waals surface area contributed by atoms with Gasteiger partial charge in [-0.1, -0.05) is 6.92 Å². The van der Waals surface area contributed by atoms with Crippen LogP contribution in [-0.4, -0.2) is 74.0 Å². The molecule has 2 fully saturated rings. The van der Waals surface area contributed by atoms with Gasteiger partial charge in [-0.3, -0.25) is 9.59 Å². The number of likely N-dealkylation sites (tertiary alicyclic amines) is 2. The minimum Gasteiger partial charge on any atom is -0.469 e. The fraction of sp³-hybridized carbons (Fsp3) is 0.824. The summed E-state index contributed by atoms with van der Waals surface area (Å²) in [7, 11) is 1.42. The summed E-state index contributed by atoms with van der Waals surface area (Å²) >= 11 is 0. The Morgan fingerprint density at radius 2 is 1.88 bits per heavy atom. The van der Waals surface area contributed by atoms with Crippen LogP contribution >= 0.6 is 0 Å². The second-order valence-electron chi connectivity index (χ2n) is 6.62. The summed E-state index contributed by atoms with van der Waals surface area (Å²) in [4.78, 5) is 32.6. The second-order valence-corrected chi connectivity index (χ2v) is 6.62. The molecule has 2 unspecified atom stereocenters. The first-order valence-corrected chi connectivity index (χ1v) is 8.95. The van der Waals surface area contributed by atoms with Crippen LogP contribution in [0.4, 0.5) is 0 Å². The van der Waals surface area contributed by atoms with E-state index in [1.54, 1.807) is 0 Å². The molecule has 0 spiro atoms. The quantitative estimate of drug-likeness (QED) is 0.464. The molecule has 0 aromatic carbocycles. The number of nitrogens with zero attached hydrogens (tertiary/aromatic N) is 3. The molecule has 1 N–H and O–H groups in total. The second kappa shape index (κ2) is 8.89. The number of guanidine groups is 1. The Kier molecular flexibility index (Phi) is 6.87. The molecule has 0 aromatic rings. The highest BCUT2D eigenvalue weighted by molar-refractivity contribution is 5.86. The molecule has 0 bridgehead atoms. The van der Waals surface area contributed by atoms with Crippen LogP contribution in [-0.2, 0) is 14.3 Å². The van der Waals surface area contributed by atoms with Gasteiger partial charge in [0, 0.05) is 32.7 Å². The first-order valence-electron chi connectivity index (χ1n) is 8.95. The Morgan fingerprint density at radius 1 is 1.17 bits per heavy atom. The van der Waals surface area contributed by atoms with E-state index in [4.69, 9.17) is 4.74 Å². The topological polar surface area (TPSA) is 74.2 Å². The van der Waals surface area contributed by atoms with Gasteiger partial charge >= 0.3 is 5.97 Å². The van der Waals surface area contributed by atoms with E-state index in [0.29, 0.717) is 12.5 Å². The first kappa shape index (κ1) is 18.5. The van der Waals surface area contributed by atoms with Crippen molar-refractivity contribution >= 4 is 17.8 Å². The first-order chi connectivity index (χ1) is 11.6. The lowest BCUT2D eigenvalue weighted by molar-refractivity contribution is -0.146. The van der Waals surface area contributed by atoms with E-state index < -0.39 is 0 Å². The monoisotopic (exact) mass is 338 g/mol. The molecule has 0 radical (unpaired) electrons. The van der Waals surface area contributed by atoms with E-state index in [9.17, 15) is 9.59 Å². The maximum absolute atomic E-state index is 12.3. The molecule has 7 nitrogen and oxygen atoms in total. The van der Waals surface area contributed by atoms with Crippen LogP contribution in [0.5, 0.6) is 0 Å². The molecule has 2 heterocycles. The van der Waals surface area contributed by atoms with Gasteiger partial charge in [0.05, 0.1) is 13.0 Å². The number of hydrogen-bond donors (Lipinski definition) is 1. The lowest BCUT2D eigenvalue weighted by Gasteiger charge is -2.26. The standard InChI is InChI=1S/C17H30N4O3/c1-4-18-17(19-10-15(22)20-8-6-5-7-9-20)21-11-13(2)14(12-21)16(23)24-3/h13-14H,4-12H2,1-3H3,(H,18,19). The number of methoxy groups -OCH3 is 1. The van der Waals surface area contributed by atoms with Gasteiger partial charge in [0.2, 0.25) is 5.91 Å². The molecule has 2 atom stereocenters. The van der Waals surface area contributed by atoms with Crippen molar-refractivity contribution in [3.8, 4) is 0 Å². The van der Waals surface area contributed by atoms with E-state index in [1.165, 1.54) is 13.5 Å². The van der Waals surface area contributed by atoms with Gasteiger partial charge in [0.1, 0.15) is 6.54 Å². The Bertz CT molecular complexity index is 474. The third kappa shape index (κ3) is 4.61. The van der Waals surface area contributed by atoms with Gasteiger partial charge < -0.3 is 19.9 Å². The number of ether oxygens (including phenoxy) is 1. The van der Waals surface area contributed by atoms with Crippen molar-refractivity contribution in [1.82, 2.24) is 15.1 Å². The average Bonchev–Trinajstić information content (AvgIpc) is 3.00. The Hall–Kier alpha value is -1.79. The molecular formula is C17H30N4O3. The third-order valence-electron chi connectivity index (χ3n) is 4.82. The van der Waals surface area contributed by atoms with Crippen LogP contribution in [0.1, 0.15) is 33.1 Å². The lowest BCUT2D eigenvalue weighted by Crippen LogP contribution is -2.42. The lowest BCUT2D eigenvalue weighted by atomic mass is 9.99. The molecule has 7 heteroatoms. The van der Waals surface area contributed by atoms with Gasteiger partial charge in [-0.15, -0.1) is 0 Å². The summed E-state index contributed by atoms with van der Waals surface area (Å²) in [5.41, 5.74) is 0. The maximum atomic E-state index is 12.3. The normalized spacial score (nSPS) is 24.9. The van der Waals surface area contributed by atoms with Crippen molar-refractivity contribution in [3.63, 3.8) is 0 Å². The molecule has 2 saturated heterocycles. The molecular weight excluding hydrogens is 308 g/mol. The van der Waals surface area contributed by atoms with Gasteiger partial charge in [0.25, 0.3) is 0 Å². The van der Waals surface area contributed by atoms with Crippen LogP contribution in [0.3, 0.4) is 0 Å². The minimum atomic E-state index is -0.176. The number of carbonyl (C=O) groups is 2. The van der Waals surface area contributed by atoms with E-state index in [-0.39, 0.29) is 30.3 Å². The maximum Gasteiger partial charge on any atom is 0.310 e. The zero-order chi connectivity index (χ0) is 17.5. The number of piperidine rings is 1. The molecule has 136 valence electrons. The zero-order valence-electron chi connectivity index (χ0n) is 15.1. The van der Waals surface area contributed by atoms with Crippen molar-refractivity contribution in [3.05, 3.63) is 0 Å². The third-order valence-corrected chi connectivity index (χ3v) is 4.82. The highest BCUT2D eigenvalue weighted by Gasteiger charge is 2.36. The smallest absolute Gasteiger partial charge is 0.310 e. The Labute approximate surface area is 144 Å². The largest absolute Gasteiger partial charge is 0.469 e. The van der Waals surface area contributed by atoms with Crippen LogP contribution in [0.2, 0.25) is 0 Å². The number of carbonyl (C=O) groups excluding carboxylic acids is 2. The zero-order valence-corrected chi connectivity index (χ0v) is 15.1. The van der Waals surface area contributed by atoms with Crippen LogP contribution in [0, 0.1) is 11.8 Å². The number of aliphatic imine (C=N–C) groups is 1. The SMILES string of the molecule is CCNC(=NCC(=O)N1CCCCC1)N1CC(C)C(C(=O)OC)C1. The predicted octanol–water partition coefficient (Wildman–Crippen LogP) is 0.705. The van der Waals surface area contributed by atoms with Crippen molar-refractivity contribution in [2.24, 2.45) is 16.8 Å². The van der Waals surface area contributed by atoms with E-state index in [0.717, 1.165) is 39.0 Å². The Morgan fingerprint density at radius 3 is 2.50 bits per heavy atom. The molecule has 0 aliphatic carbocycles. The number of hydrogen-bond acceptors (Lipinski definition) is 4. The van der Waals surface area contributed by atoms with Gasteiger partial charge in [-0.2, -0.15) is 0 Å². The van der Waals surface area contributed by atoms with E-state index in [1.807, 2.05) is 18.7 Å². The minimum absolute atomic E-state index is 0.0851.